The number of nitrogen functional groups attached to an aromatic ring is 2. The third kappa shape index (κ3) is 68.9. The number of hydrazine groups is 9. The van der Waals surface area contributed by atoms with Crippen molar-refractivity contribution in [3.8, 4) is 0 Å². The molecule has 72 nitrogen and oxygen atoms in total. The van der Waals surface area contributed by atoms with Crippen molar-refractivity contribution in [2.75, 3.05) is 30.0 Å². The van der Waals surface area contributed by atoms with Gasteiger partial charge in [0.1, 0.15) is 40.8 Å². The van der Waals surface area contributed by atoms with Gasteiger partial charge in [0.05, 0.1) is 30.9 Å². The molecule has 718 valence electrons. The van der Waals surface area contributed by atoms with Crippen molar-refractivity contribution in [3.63, 3.8) is 0 Å². The number of ketones is 1. The molecule has 0 bridgehead atoms. The van der Waals surface area contributed by atoms with Crippen LogP contribution in [0.2, 0.25) is 0 Å². The van der Waals surface area contributed by atoms with Crippen molar-refractivity contribution in [2.45, 2.75) is 65.0 Å². The van der Waals surface area contributed by atoms with Crippen LogP contribution in [0.3, 0.4) is 0 Å². The molecule has 1 aromatic heterocycles. The predicted molar refractivity (Wildman–Crippen MR) is 468 cm³/mol. The highest BCUT2D eigenvalue weighted by Gasteiger charge is 2.29. The maximum atomic E-state index is 11.8. The minimum Gasteiger partial charge on any atom is -0.399 e. The van der Waals surface area contributed by atoms with Crippen LogP contribution < -0.4 is 219 Å². The monoisotopic (exact) mass is 1860 g/mol. The van der Waals surface area contributed by atoms with Gasteiger partial charge in [0, 0.05) is 65.9 Å². The lowest BCUT2D eigenvalue weighted by Gasteiger charge is -2.25. The first-order chi connectivity index (χ1) is 61.3. The molecule has 0 spiro atoms. The molecule has 3 heterocycles. The fraction of sp³-hybridized carbons (Fsp3) is 0.203. The molecule has 131 heavy (non-hydrogen) atoms. The first kappa shape index (κ1) is 120. The zero-order valence-electron chi connectivity index (χ0n) is 69.3. The number of primary amides is 11. The first-order valence-corrected chi connectivity index (χ1v) is 34.6. The maximum Gasteiger partial charge on any atom is 0.347 e. The van der Waals surface area contributed by atoms with Crippen LogP contribution in [0, 0.1) is 5.41 Å². The zero-order valence-corrected chi connectivity index (χ0v) is 69.3. The van der Waals surface area contributed by atoms with Crippen LogP contribution in [-0.4, -0.2) is 218 Å². The van der Waals surface area contributed by atoms with Crippen molar-refractivity contribution in [1.82, 2.24) is 112 Å². The van der Waals surface area contributed by atoms with E-state index in [-0.39, 0.29) is 54.2 Å². The summed E-state index contributed by atoms with van der Waals surface area (Å²) in [6, 6.07) is 2.76. The van der Waals surface area contributed by atoms with Crippen molar-refractivity contribution in [1.29, 1.82) is 5.41 Å². The summed E-state index contributed by atoms with van der Waals surface area (Å²) >= 11 is 0. The van der Waals surface area contributed by atoms with E-state index in [4.69, 9.17) is 97.3 Å². The minimum atomic E-state index is -1.07. The Morgan fingerprint density at radius 1 is 0.527 bits per heavy atom. The first-order valence-electron chi connectivity index (χ1n) is 34.6. The minimum absolute atomic E-state index is 0.0545. The van der Waals surface area contributed by atoms with E-state index in [0.717, 1.165) is 10.5 Å². The Kier molecular flexibility index (Phi) is 64.4. The largest absolute Gasteiger partial charge is 0.399 e. The highest BCUT2D eigenvalue weighted by molar-refractivity contribution is 6.43. The molecule has 0 saturated carbocycles. The van der Waals surface area contributed by atoms with Crippen molar-refractivity contribution >= 4 is 184 Å². The standard InChI is InChI=1S/C14H14N4O2.C7H11N5O2.C6H10N8O2.C6H10N6O2.C6H10N6O.C6H14N4O2.C5H8N6O2.C5H12N4O2.C2H8N6O2.C2H6N4O2/c15-11-5-1-9(2-6-11)13(19)17-18-14(20)10-3-7-12(16)8-4-10;8-6(13)5-10-3-1-2-4-11-12-7(9)14;1-3(9-11-5(7)15)4-2-14(13-10-4)12-6(8)16;7-5(13)11-9-3-1-2-4-10-12-6(8)14;1-3-2-4(10-9-3)5(13)11-12-6(7)8;1-3-6(2,4(7)11)10-9-5(8)12;6-3-1-2(8-9-3)4(12)10-11-5(7)13;6-2-3(10)1-4(7)5(11)9-8;3-5-1(9)7-8-2(10)6-4;3-1(7)6(5)2(4)8/h1-8H,15-16H2,(H,17,19)(H,18,20);1-4H,5H2,(H2,8,13)(H3,9,12,14);2H,1H3,(H3,7,11,15)(H3,8,12,16);1-4H,(H3,7,11,13)(H3,8,12,14);2H2,1H3,(H,11,13)(H4,7,8,12);10H,3H2,1-2H3,(H2,7,11)(H3,8,9,12);1H2,(H2,6,9)(H,10,12)(H3,7,11,13);4H,1-2,6-8H2,(H,9,11);3-4H2,(H2,5,7,9)(H2,6,8,10);5H2,(H2,3,7)(H2,4,8)/b;2-1+,10-3?,11-4+;9-3+;2-1-,9-3+,10-4+;;;;;;/t;;;;;;;4-;;/m.......0../s1. The SMILES string of the molecule is C/C(=N\NC(N)=O)c1cn(NC(N)=O)nn1.CC1=NN=C(C(=O)NNC(=N)N)C1.CCC(C)(NNC(N)=O)C(N)=O.NC(=O)CN=C/C=C/C=N/NC(N)=O.NC(=O)N(N)C(N)=O.NC(=O)N/N=C/C=C\C=N\NC(N)=O.NC(=O)NNC(=O)C1=NN=C(N)C1.NCC(=O)C[C@H](N)C(=O)NN.NNC(=O)NNC(=O)NN.Nc1ccc(C(=O)NNC(=O)c2ccc(N)cc2)cc1. The van der Waals surface area contributed by atoms with Gasteiger partial charge in [-0.05, 0) is 105 Å². The summed E-state index contributed by atoms with van der Waals surface area (Å²) < 4.78 is 0. The van der Waals surface area contributed by atoms with Gasteiger partial charge in [-0.1, -0.05) is 6.92 Å². The Morgan fingerprint density at radius 3 is 1.27 bits per heavy atom. The molecular formula is C59H103N53O19. The number of rotatable bonds is 24. The smallest absolute Gasteiger partial charge is 0.347 e. The molecule has 0 fully saturated rings. The summed E-state index contributed by atoms with van der Waals surface area (Å²) in [4.78, 5) is 204. The number of carbonyl (C=O) groups is 19. The van der Waals surface area contributed by atoms with Crippen LogP contribution in [0.5, 0.6) is 0 Å². The Morgan fingerprint density at radius 2 is 0.939 bits per heavy atom. The lowest BCUT2D eigenvalue weighted by molar-refractivity contribution is -0.126. The number of allylic oxidation sites excluding steroid dienone is 4. The van der Waals surface area contributed by atoms with E-state index < -0.39 is 119 Å². The number of hydrogen-bond acceptors (Lipinski definition) is 41. The van der Waals surface area contributed by atoms with Gasteiger partial charge >= 0.3 is 66.3 Å². The Labute approximate surface area is 737 Å². The van der Waals surface area contributed by atoms with E-state index in [0.29, 0.717) is 52.5 Å². The van der Waals surface area contributed by atoms with Crippen LogP contribution in [0.25, 0.3) is 0 Å². The number of urea groups is 11. The fourth-order valence-electron chi connectivity index (χ4n) is 5.96. The van der Waals surface area contributed by atoms with Crippen molar-refractivity contribution < 1.29 is 91.1 Å². The molecule has 3 aromatic rings. The molecule has 2 aliphatic rings. The number of Topliss-reactive ketones (excluding diaryl/α,β-unsaturated/α-hetero) is 1. The average Bonchev–Trinajstić information content (AvgIpc) is 1.87. The number of anilines is 2. The number of amides is 29. The molecule has 61 N–H and O–H groups in total. The number of aliphatic imine (C=N–C) groups is 1. The number of nitrogens with one attached hydrogen (secondary N) is 19. The molecule has 5 rings (SSSR count). The van der Waals surface area contributed by atoms with Crippen molar-refractivity contribution in [2.24, 2.45) is 155 Å². The van der Waals surface area contributed by atoms with Crippen molar-refractivity contribution in [3.05, 3.63) is 95.9 Å². The highest BCUT2D eigenvalue weighted by Crippen LogP contribution is 2.08. The normalized spacial score (nSPS) is 11.6. The summed E-state index contributed by atoms with van der Waals surface area (Å²) in [5.74, 6) is 14.9. The number of guanidine groups is 1. The van der Waals surface area contributed by atoms with E-state index in [1.165, 1.54) is 55.4 Å². The average molecular weight is 1860 g/mol. The molecule has 2 atom stereocenters. The highest BCUT2D eigenvalue weighted by atomic mass is 16.2. The van der Waals surface area contributed by atoms with Gasteiger partial charge in [-0.2, -0.15) is 35.3 Å². The second-order valence-corrected chi connectivity index (χ2v) is 22.6. The number of benzene rings is 2. The number of amidine groups is 1. The van der Waals surface area contributed by atoms with Crippen LogP contribution in [0.4, 0.5) is 64.1 Å². The van der Waals surface area contributed by atoms with Crippen LogP contribution in [0.15, 0.2) is 125 Å². The topological polar surface area (TPSA) is 1260 Å². The molecule has 2 aromatic carbocycles. The molecule has 72 heteroatoms. The van der Waals surface area contributed by atoms with Crippen LogP contribution in [-0.2, 0) is 28.8 Å². The zero-order chi connectivity index (χ0) is 101. The number of hydrogen-bond donors (Lipinski definition) is 40. The molecule has 2 aliphatic heterocycles. The van der Waals surface area contributed by atoms with E-state index in [1.807, 2.05) is 48.8 Å². The Balaban J connectivity index is -0.000000453. The van der Waals surface area contributed by atoms with Gasteiger partial charge in [0.15, 0.2) is 0 Å². The second-order valence-electron chi connectivity index (χ2n) is 22.6. The molecule has 1 unspecified atom stereocenters. The molecule has 0 saturated heterocycles. The molecule has 29 amide bonds. The lowest BCUT2D eigenvalue weighted by Crippen LogP contribution is -2.60. The third-order valence-electron chi connectivity index (χ3n) is 12.2. The Bertz CT molecular complexity index is 4430. The molecule has 0 aliphatic carbocycles. The summed E-state index contributed by atoms with van der Waals surface area (Å²) in [7, 11) is 0. The second kappa shape index (κ2) is 70.2. The van der Waals surface area contributed by atoms with E-state index in [1.54, 1.807) is 87.1 Å². The summed E-state index contributed by atoms with van der Waals surface area (Å²) in [6.07, 6.45) is 13.6. The van der Waals surface area contributed by atoms with Gasteiger partial charge in [0.25, 0.3) is 29.5 Å². The summed E-state index contributed by atoms with van der Waals surface area (Å²) in [5.41, 5.74) is 123. The van der Waals surface area contributed by atoms with Gasteiger partial charge < -0.3 is 97.5 Å². The fourth-order valence-corrected chi connectivity index (χ4v) is 5.96. The number of hydrazone groups is 4. The third-order valence-corrected chi connectivity index (χ3v) is 12.2. The number of imide groups is 1. The number of nitrogens with two attached hydrogens (primary N) is 21. The molecule has 0 radical (unpaired) electrons. The van der Waals surface area contributed by atoms with E-state index in [9.17, 15) is 91.1 Å². The van der Waals surface area contributed by atoms with E-state index in [2.05, 4.69) is 123 Å². The quantitative estimate of drug-likeness (QED) is 0.00989. The Hall–Kier alpha value is -19.4. The summed E-state index contributed by atoms with van der Waals surface area (Å²) in [5, 5.41) is 42.2. The van der Waals surface area contributed by atoms with Gasteiger partial charge in [-0.25, -0.2) is 125 Å². The van der Waals surface area contributed by atoms with Crippen LogP contribution in [0.1, 0.15) is 79.8 Å². The van der Waals surface area contributed by atoms with E-state index >= 15 is 0 Å². The maximum absolute atomic E-state index is 11.8. The number of aromatic nitrogens is 3. The van der Waals surface area contributed by atoms with Crippen LogP contribution >= 0.6 is 0 Å². The summed E-state index contributed by atoms with van der Waals surface area (Å²) in [6.45, 7) is 6.54. The predicted octanol–water partition coefficient (Wildman–Crippen LogP) is -15.1. The number of carbonyl (C=O) groups excluding carboxylic acids is 19. The van der Waals surface area contributed by atoms with Gasteiger partial charge in [-0.15, -0.1) is 20.4 Å². The van der Waals surface area contributed by atoms with Gasteiger partial charge in [-0.3, -0.25) is 97.6 Å². The van der Waals surface area contributed by atoms with Gasteiger partial charge in [0.2, 0.25) is 17.8 Å². The lowest BCUT2D eigenvalue weighted by atomic mass is 10.00. The molecular weight excluding hydrogens is 1760 g/mol. The number of nitrogens with zero attached hydrogens (tertiary/aromatic N) is 13.